The van der Waals surface area contributed by atoms with Crippen molar-refractivity contribution in [1.82, 2.24) is 24.7 Å². The lowest BCUT2D eigenvalue weighted by molar-refractivity contribution is 0.367. The Morgan fingerprint density at radius 2 is 1.83 bits per heavy atom. The number of benzene rings is 2. The summed E-state index contributed by atoms with van der Waals surface area (Å²) in [5.74, 6) is 0.831. The third kappa shape index (κ3) is 5.19. The second-order valence-electron chi connectivity index (χ2n) is 10.1. The minimum absolute atomic E-state index is 0.0401. The summed E-state index contributed by atoms with van der Waals surface area (Å²) in [4.78, 5) is 30.1. The molecule has 1 saturated heterocycles. The van der Waals surface area contributed by atoms with Gasteiger partial charge in [-0.15, -0.1) is 0 Å². The number of halogens is 1. The summed E-state index contributed by atoms with van der Waals surface area (Å²) in [6.07, 6.45) is 2.61. The van der Waals surface area contributed by atoms with Gasteiger partial charge in [-0.1, -0.05) is 35.5 Å². The van der Waals surface area contributed by atoms with Crippen molar-refractivity contribution >= 4 is 11.6 Å². The molecule has 0 spiro atoms. The Hall–Kier alpha value is -4.90. The maximum atomic E-state index is 14.4. The minimum Gasteiger partial charge on any atom is -0.368 e. The Bertz CT molecular complexity index is 1720. The number of nitrogens with two attached hydrogens (primary N) is 1. The van der Waals surface area contributed by atoms with Crippen molar-refractivity contribution in [3.05, 3.63) is 107 Å². The molecule has 41 heavy (non-hydrogen) atoms. The van der Waals surface area contributed by atoms with E-state index in [0.29, 0.717) is 43.0 Å². The van der Waals surface area contributed by atoms with Gasteiger partial charge in [0.25, 0.3) is 5.56 Å². The highest BCUT2D eigenvalue weighted by molar-refractivity contribution is 5.62. The number of hydrogen-bond acceptors (Lipinski definition) is 9. The standard InChI is InChI=1S/C30H29FN8O2/c1-19-18-38(14-15-39(19)30-34-25(16-26(40)37(30)2)23-12-13-33-17-24(23)31)22-10-8-21(9-11-22)28-35-29(41-36-28)27(32)20-6-4-3-5-7-20/h3-13,16-17,19,27H,14-15,18,32H2,1-2H3/t19-,27+/m1/s1. The van der Waals surface area contributed by atoms with Gasteiger partial charge in [-0.3, -0.25) is 14.3 Å². The lowest BCUT2D eigenvalue weighted by atomic mass is 10.1. The predicted molar refractivity (Wildman–Crippen MR) is 154 cm³/mol. The predicted octanol–water partition coefficient (Wildman–Crippen LogP) is 3.79. The van der Waals surface area contributed by atoms with Crippen LogP contribution in [0.5, 0.6) is 0 Å². The first-order chi connectivity index (χ1) is 19.9. The van der Waals surface area contributed by atoms with Gasteiger partial charge in [0.15, 0.2) is 5.82 Å². The number of aromatic nitrogens is 5. The van der Waals surface area contributed by atoms with E-state index in [1.807, 2.05) is 54.6 Å². The van der Waals surface area contributed by atoms with Crippen LogP contribution in [0.15, 0.2) is 88.4 Å². The van der Waals surface area contributed by atoms with Crippen molar-refractivity contribution in [2.24, 2.45) is 12.8 Å². The van der Waals surface area contributed by atoms with Crippen molar-refractivity contribution in [1.29, 1.82) is 0 Å². The van der Waals surface area contributed by atoms with Crippen molar-refractivity contribution < 1.29 is 8.91 Å². The maximum absolute atomic E-state index is 14.4. The van der Waals surface area contributed by atoms with Crippen molar-refractivity contribution in [2.45, 2.75) is 19.0 Å². The molecular weight excluding hydrogens is 523 g/mol. The van der Waals surface area contributed by atoms with Crippen LogP contribution in [-0.4, -0.2) is 50.4 Å². The van der Waals surface area contributed by atoms with E-state index in [2.05, 4.69) is 36.8 Å². The Labute approximate surface area is 235 Å². The number of hydrogen-bond donors (Lipinski definition) is 1. The summed E-state index contributed by atoms with van der Waals surface area (Å²) in [5.41, 5.74) is 9.39. The molecule has 1 fully saturated rings. The number of pyridine rings is 1. The van der Waals surface area contributed by atoms with Gasteiger partial charge in [0.2, 0.25) is 17.7 Å². The smallest absolute Gasteiger partial charge is 0.255 e. The van der Waals surface area contributed by atoms with E-state index in [1.165, 1.54) is 22.9 Å². The van der Waals surface area contributed by atoms with Crippen molar-refractivity contribution in [2.75, 3.05) is 29.4 Å². The summed E-state index contributed by atoms with van der Waals surface area (Å²) >= 11 is 0. The van der Waals surface area contributed by atoms with Gasteiger partial charge in [0.05, 0.1) is 11.9 Å². The highest BCUT2D eigenvalue weighted by Gasteiger charge is 2.28. The van der Waals surface area contributed by atoms with E-state index in [4.69, 9.17) is 10.3 Å². The summed E-state index contributed by atoms with van der Waals surface area (Å²) in [7, 11) is 1.69. The normalized spacial score (nSPS) is 16.1. The highest BCUT2D eigenvalue weighted by Crippen LogP contribution is 2.28. The number of nitrogens with zero attached hydrogens (tertiary/aromatic N) is 7. The molecule has 208 valence electrons. The molecule has 2 atom stereocenters. The van der Waals surface area contributed by atoms with Gasteiger partial charge in [-0.05, 0) is 42.8 Å². The molecule has 0 aliphatic carbocycles. The van der Waals surface area contributed by atoms with Gasteiger partial charge in [-0.25, -0.2) is 9.37 Å². The topological polar surface area (TPSA) is 119 Å². The van der Waals surface area contributed by atoms with Crippen LogP contribution in [0, 0.1) is 5.82 Å². The Balaban J connectivity index is 1.17. The van der Waals surface area contributed by atoms with Crippen LogP contribution < -0.4 is 21.1 Å². The van der Waals surface area contributed by atoms with Crippen molar-refractivity contribution in [3.8, 4) is 22.6 Å². The summed E-state index contributed by atoms with van der Waals surface area (Å²) in [6.45, 7) is 4.15. The largest absolute Gasteiger partial charge is 0.368 e. The molecule has 10 nitrogen and oxygen atoms in total. The Morgan fingerprint density at radius 3 is 2.56 bits per heavy atom. The number of piperazine rings is 1. The van der Waals surface area contributed by atoms with Crippen molar-refractivity contribution in [3.63, 3.8) is 0 Å². The lowest BCUT2D eigenvalue weighted by Crippen LogP contribution is -2.53. The van der Waals surface area contributed by atoms with Gasteiger partial charge in [0, 0.05) is 61.8 Å². The first-order valence-electron chi connectivity index (χ1n) is 13.3. The van der Waals surface area contributed by atoms with Crippen LogP contribution >= 0.6 is 0 Å². The van der Waals surface area contributed by atoms with E-state index in [0.717, 1.165) is 23.0 Å². The van der Waals surface area contributed by atoms with Crippen LogP contribution in [-0.2, 0) is 7.05 Å². The fraction of sp³-hybridized carbons (Fsp3) is 0.233. The molecule has 0 bridgehead atoms. The maximum Gasteiger partial charge on any atom is 0.255 e. The fourth-order valence-corrected chi connectivity index (χ4v) is 5.10. The third-order valence-corrected chi connectivity index (χ3v) is 7.40. The van der Waals surface area contributed by atoms with Gasteiger partial charge < -0.3 is 20.1 Å². The number of anilines is 2. The average Bonchev–Trinajstić information content (AvgIpc) is 3.50. The minimum atomic E-state index is -0.517. The molecule has 2 N–H and O–H groups in total. The van der Waals surface area contributed by atoms with Crippen LogP contribution in [0.4, 0.5) is 16.0 Å². The molecule has 3 aromatic heterocycles. The van der Waals surface area contributed by atoms with E-state index >= 15 is 0 Å². The molecule has 4 heterocycles. The molecular formula is C30H29FN8O2. The molecule has 1 aliphatic rings. The van der Waals surface area contributed by atoms with Gasteiger partial charge >= 0.3 is 0 Å². The molecule has 0 radical (unpaired) electrons. The Kier molecular flexibility index (Phi) is 7.02. The van der Waals surface area contributed by atoms with E-state index in [1.54, 1.807) is 7.05 Å². The molecule has 1 aliphatic heterocycles. The highest BCUT2D eigenvalue weighted by atomic mass is 19.1. The summed E-state index contributed by atoms with van der Waals surface area (Å²) < 4.78 is 21.4. The van der Waals surface area contributed by atoms with Crippen LogP contribution in [0.25, 0.3) is 22.6 Å². The second kappa shape index (κ2) is 10.9. The fourth-order valence-electron chi connectivity index (χ4n) is 5.10. The van der Waals surface area contributed by atoms with E-state index in [9.17, 15) is 9.18 Å². The first-order valence-corrected chi connectivity index (χ1v) is 13.3. The zero-order chi connectivity index (χ0) is 28.5. The summed E-state index contributed by atoms with van der Waals surface area (Å²) in [5, 5.41) is 4.13. The van der Waals surface area contributed by atoms with Crippen LogP contribution in [0.1, 0.15) is 24.4 Å². The monoisotopic (exact) mass is 552 g/mol. The first kappa shape index (κ1) is 26.3. The molecule has 2 aromatic carbocycles. The molecule has 0 amide bonds. The summed E-state index contributed by atoms with van der Waals surface area (Å²) in [6, 6.07) is 20.1. The average molecular weight is 553 g/mol. The zero-order valence-electron chi connectivity index (χ0n) is 22.7. The quantitative estimate of drug-likeness (QED) is 0.335. The second-order valence-corrected chi connectivity index (χ2v) is 10.1. The third-order valence-electron chi connectivity index (χ3n) is 7.40. The molecule has 0 unspecified atom stereocenters. The molecule has 6 rings (SSSR count). The van der Waals surface area contributed by atoms with E-state index in [-0.39, 0.29) is 17.2 Å². The van der Waals surface area contributed by atoms with Gasteiger partial charge in [-0.2, -0.15) is 4.98 Å². The molecule has 11 heteroatoms. The van der Waals surface area contributed by atoms with Gasteiger partial charge in [0.1, 0.15) is 6.04 Å². The Morgan fingerprint density at radius 1 is 1.05 bits per heavy atom. The van der Waals surface area contributed by atoms with E-state index < -0.39 is 11.9 Å². The lowest BCUT2D eigenvalue weighted by Gasteiger charge is -2.42. The molecule has 0 saturated carbocycles. The van der Waals surface area contributed by atoms with Crippen LogP contribution in [0.3, 0.4) is 0 Å². The SMILES string of the molecule is C[C@@H]1CN(c2ccc(-c3noc([C@@H](N)c4ccccc4)n3)cc2)CCN1c1nc(-c2ccncc2F)cc(=O)n1C. The number of rotatable bonds is 6. The van der Waals surface area contributed by atoms with Crippen LogP contribution in [0.2, 0.25) is 0 Å². The molecule has 5 aromatic rings. The zero-order valence-corrected chi connectivity index (χ0v) is 22.7.